The molecule has 2 aliphatic rings. The number of amides is 1. The SMILES string of the molecule is N#Cc1ccnc(OCC(=O)N2CCC(c3nc(C4=NOC(c5cc(Cl)ccc5Cl)C4)cs3)CC2)n1. The Balaban J connectivity index is 1.13. The minimum atomic E-state index is -0.291. The summed E-state index contributed by atoms with van der Waals surface area (Å²) in [4.78, 5) is 32.6. The lowest BCUT2D eigenvalue weighted by Gasteiger charge is -2.31. The van der Waals surface area contributed by atoms with Crippen LogP contribution in [0.25, 0.3) is 0 Å². The van der Waals surface area contributed by atoms with E-state index in [1.807, 2.05) is 11.4 Å². The molecule has 5 rings (SSSR count). The Morgan fingerprint density at radius 1 is 1.25 bits per heavy atom. The Kier molecular flexibility index (Phi) is 7.32. The summed E-state index contributed by atoms with van der Waals surface area (Å²) in [6, 6.07) is 8.71. The summed E-state index contributed by atoms with van der Waals surface area (Å²) in [5.41, 5.74) is 2.59. The van der Waals surface area contributed by atoms with Crippen molar-refractivity contribution in [2.45, 2.75) is 31.3 Å². The molecule has 9 nitrogen and oxygen atoms in total. The Labute approximate surface area is 221 Å². The fourth-order valence-corrected chi connectivity index (χ4v) is 5.55. The van der Waals surface area contributed by atoms with Gasteiger partial charge in [-0.2, -0.15) is 10.2 Å². The molecule has 36 heavy (non-hydrogen) atoms. The van der Waals surface area contributed by atoms with Crippen LogP contribution in [0.3, 0.4) is 0 Å². The highest BCUT2D eigenvalue weighted by atomic mass is 35.5. The standard InChI is InChI=1S/C24H20Cl2N6O3S/c25-15-1-2-18(26)17(9-15)21-10-19(31-35-21)20-13-36-23(30-20)14-4-7-32(8-5-14)22(33)12-34-24-28-6-3-16(11-27)29-24/h1-3,6,9,13-14,21H,4-5,7-8,10,12H2. The molecular weight excluding hydrogens is 523 g/mol. The molecule has 1 saturated heterocycles. The molecule has 4 heterocycles. The molecule has 0 aliphatic carbocycles. The minimum Gasteiger partial charge on any atom is -0.453 e. The van der Waals surface area contributed by atoms with Crippen LogP contribution in [0, 0.1) is 11.3 Å². The van der Waals surface area contributed by atoms with Gasteiger partial charge in [-0.05, 0) is 37.1 Å². The van der Waals surface area contributed by atoms with E-state index >= 15 is 0 Å². The molecule has 3 aromatic rings. The molecule has 1 aromatic carbocycles. The smallest absolute Gasteiger partial charge is 0.318 e. The number of nitrogens with zero attached hydrogens (tertiary/aromatic N) is 6. The topological polar surface area (TPSA) is 114 Å². The van der Waals surface area contributed by atoms with Gasteiger partial charge in [0.2, 0.25) is 0 Å². The van der Waals surface area contributed by atoms with E-state index in [1.54, 1.807) is 34.4 Å². The largest absolute Gasteiger partial charge is 0.453 e. The average molecular weight is 543 g/mol. The lowest BCUT2D eigenvalue weighted by molar-refractivity contribution is -0.134. The molecule has 1 unspecified atom stereocenters. The van der Waals surface area contributed by atoms with Crippen molar-refractivity contribution in [2.24, 2.45) is 5.16 Å². The number of piperidine rings is 1. The number of nitriles is 1. The van der Waals surface area contributed by atoms with Crippen LogP contribution < -0.4 is 4.74 Å². The molecule has 0 radical (unpaired) electrons. The second-order valence-electron chi connectivity index (χ2n) is 8.35. The number of likely N-dealkylation sites (tertiary alicyclic amines) is 1. The monoisotopic (exact) mass is 542 g/mol. The lowest BCUT2D eigenvalue weighted by atomic mass is 9.97. The normalized spacial score (nSPS) is 17.9. The first kappa shape index (κ1) is 24.4. The van der Waals surface area contributed by atoms with Crippen molar-refractivity contribution in [3.63, 3.8) is 0 Å². The van der Waals surface area contributed by atoms with Gasteiger partial charge in [-0.25, -0.2) is 9.97 Å². The molecule has 0 bridgehead atoms. The average Bonchev–Trinajstić information content (AvgIpc) is 3.59. The fourth-order valence-electron chi connectivity index (χ4n) is 4.13. The van der Waals surface area contributed by atoms with Gasteiger partial charge in [-0.1, -0.05) is 28.4 Å². The van der Waals surface area contributed by atoms with Crippen molar-refractivity contribution in [1.82, 2.24) is 19.9 Å². The second kappa shape index (κ2) is 10.8. The number of hydrogen-bond acceptors (Lipinski definition) is 9. The highest BCUT2D eigenvalue weighted by Crippen LogP contribution is 2.36. The molecule has 184 valence electrons. The zero-order chi connectivity index (χ0) is 25.1. The van der Waals surface area contributed by atoms with Crippen LogP contribution in [0.5, 0.6) is 6.01 Å². The third kappa shape index (κ3) is 5.43. The summed E-state index contributed by atoms with van der Waals surface area (Å²) in [7, 11) is 0. The van der Waals surface area contributed by atoms with E-state index in [9.17, 15) is 4.79 Å². The maximum atomic E-state index is 12.6. The van der Waals surface area contributed by atoms with Gasteiger partial charge in [0.15, 0.2) is 12.7 Å². The van der Waals surface area contributed by atoms with Gasteiger partial charge in [0.1, 0.15) is 17.5 Å². The highest BCUT2D eigenvalue weighted by Gasteiger charge is 2.30. The first-order valence-corrected chi connectivity index (χ1v) is 12.9. The predicted molar refractivity (Wildman–Crippen MR) is 134 cm³/mol. The van der Waals surface area contributed by atoms with Gasteiger partial charge in [0, 0.05) is 52.6 Å². The maximum absolute atomic E-state index is 12.6. The van der Waals surface area contributed by atoms with Crippen molar-refractivity contribution in [1.29, 1.82) is 5.26 Å². The van der Waals surface area contributed by atoms with Gasteiger partial charge in [-0.15, -0.1) is 11.3 Å². The summed E-state index contributed by atoms with van der Waals surface area (Å²) >= 11 is 14.0. The molecule has 2 aromatic heterocycles. The molecule has 1 atom stereocenters. The van der Waals surface area contributed by atoms with Crippen LogP contribution in [0.15, 0.2) is 41.0 Å². The van der Waals surface area contributed by atoms with E-state index in [-0.39, 0.29) is 36.2 Å². The zero-order valence-electron chi connectivity index (χ0n) is 18.9. The van der Waals surface area contributed by atoms with Crippen molar-refractivity contribution in [3.8, 4) is 12.1 Å². The Bertz CT molecular complexity index is 1350. The number of carbonyl (C=O) groups excluding carboxylic acids is 1. The fraction of sp³-hybridized carbons (Fsp3) is 0.333. The van der Waals surface area contributed by atoms with Gasteiger partial charge < -0.3 is 14.5 Å². The molecule has 1 amide bonds. The molecule has 0 saturated carbocycles. The highest BCUT2D eigenvalue weighted by molar-refractivity contribution is 7.10. The van der Waals surface area contributed by atoms with E-state index in [1.165, 1.54) is 12.3 Å². The number of benzene rings is 1. The molecule has 0 spiro atoms. The number of aromatic nitrogens is 3. The molecule has 0 N–H and O–H groups in total. The number of ether oxygens (including phenoxy) is 1. The number of carbonyl (C=O) groups is 1. The lowest BCUT2D eigenvalue weighted by Crippen LogP contribution is -2.40. The first-order chi connectivity index (χ1) is 17.5. The first-order valence-electron chi connectivity index (χ1n) is 11.3. The quantitative estimate of drug-likeness (QED) is 0.440. The van der Waals surface area contributed by atoms with E-state index in [4.69, 9.17) is 43.0 Å². The van der Waals surface area contributed by atoms with Crippen LogP contribution in [-0.4, -0.2) is 51.2 Å². The van der Waals surface area contributed by atoms with Crippen molar-refractivity contribution in [3.05, 3.63) is 67.8 Å². The number of thiazole rings is 1. The molecular formula is C24H20Cl2N6O3S. The van der Waals surface area contributed by atoms with E-state index < -0.39 is 0 Å². The summed E-state index contributed by atoms with van der Waals surface area (Å²) in [5.74, 6) is 0.132. The summed E-state index contributed by atoms with van der Waals surface area (Å²) < 4.78 is 5.37. The molecule has 2 aliphatic heterocycles. The molecule has 12 heteroatoms. The summed E-state index contributed by atoms with van der Waals surface area (Å²) in [6.45, 7) is 1.05. The van der Waals surface area contributed by atoms with Crippen molar-refractivity contribution in [2.75, 3.05) is 19.7 Å². The number of rotatable bonds is 6. The third-order valence-electron chi connectivity index (χ3n) is 6.06. The van der Waals surface area contributed by atoms with E-state index in [0.717, 1.165) is 34.8 Å². The summed E-state index contributed by atoms with van der Waals surface area (Å²) in [5, 5.41) is 17.4. The van der Waals surface area contributed by atoms with Crippen LogP contribution >= 0.6 is 34.5 Å². The van der Waals surface area contributed by atoms with Gasteiger partial charge >= 0.3 is 6.01 Å². The Hall–Kier alpha value is -3.26. The van der Waals surface area contributed by atoms with Crippen LogP contribution in [-0.2, 0) is 9.63 Å². The number of hydrogen-bond donors (Lipinski definition) is 0. The van der Waals surface area contributed by atoms with Gasteiger partial charge in [0.05, 0.1) is 10.7 Å². The van der Waals surface area contributed by atoms with Crippen molar-refractivity contribution < 1.29 is 14.4 Å². The number of halogens is 2. The van der Waals surface area contributed by atoms with Crippen LogP contribution in [0.4, 0.5) is 0 Å². The molecule has 1 fully saturated rings. The van der Waals surface area contributed by atoms with Gasteiger partial charge in [-0.3, -0.25) is 4.79 Å². The van der Waals surface area contributed by atoms with Crippen molar-refractivity contribution >= 4 is 46.2 Å². The van der Waals surface area contributed by atoms with Gasteiger partial charge in [0.25, 0.3) is 5.91 Å². The van der Waals surface area contributed by atoms with Crippen LogP contribution in [0.2, 0.25) is 10.0 Å². The minimum absolute atomic E-state index is 0.0197. The summed E-state index contributed by atoms with van der Waals surface area (Å²) in [6.07, 6.45) is 3.32. The third-order valence-corrected chi connectivity index (χ3v) is 7.65. The van der Waals surface area contributed by atoms with E-state index in [2.05, 4.69) is 15.1 Å². The second-order valence-corrected chi connectivity index (χ2v) is 10.1. The maximum Gasteiger partial charge on any atom is 0.318 e. The predicted octanol–water partition coefficient (Wildman–Crippen LogP) is 4.76. The Morgan fingerprint density at radius 2 is 2.08 bits per heavy atom. The zero-order valence-corrected chi connectivity index (χ0v) is 21.3. The number of oxime groups is 1. The van der Waals surface area contributed by atoms with Crippen LogP contribution in [0.1, 0.15) is 53.2 Å². The van der Waals surface area contributed by atoms with E-state index in [0.29, 0.717) is 29.6 Å². The Morgan fingerprint density at radius 3 is 2.89 bits per heavy atom.